The second kappa shape index (κ2) is 6.47. The van der Waals surface area contributed by atoms with Crippen molar-refractivity contribution in [2.24, 2.45) is 23.2 Å². The monoisotopic (exact) mass is 314 g/mol. The van der Waals surface area contributed by atoms with Gasteiger partial charge >= 0.3 is 5.97 Å². The van der Waals surface area contributed by atoms with Crippen LogP contribution in [0.5, 0.6) is 0 Å². The fraction of sp³-hybridized carbons (Fsp3) is 0.941. The van der Waals surface area contributed by atoms with E-state index in [9.17, 15) is 9.18 Å². The van der Waals surface area contributed by atoms with E-state index in [0.29, 0.717) is 13.0 Å². The lowest BCUT2D eigenvalue weighted by Crippen LogP contribution is -2.50. The summed E-state index contributed by atoms with van der Waals surface area (Å²) in [4.78, 5) is 12.5. The molecule has 0 radical (unpaired) electrons. The van der Waals surface area contributed by atoms with Crippen molar-refractivity contribution in [1.29, 1.82) is 0 Å². The van der Waals surface area contributed by atoms with E-state index >= 15 is 0 Å². The Bertz CT molecular complexity index is 350. The molecular formula is C17H27FO2S. The summed E-state index contributed by atoms with van der Waals surface area (Å²) in [6.45, 7) is 0.458. The van der Waals surface area contributed by atoms with Crippen LogP contribution in [0.25, 0.3) is 0 Å². The van der Waals surface area contributed by atoms with Gasteiger partial charge in [0, 0.05) is 5.75 Å². The molecule has 0 N–H and O–H groups in total. The molecule has 4 aliphatic carbocycles. The zero-order valence-electron chi connectivity index (χ0n) is 12.7. The van der Waals surface area contributed by atoms with Crippen LogP contribution in [0.4, 0.5) is 4.39 Å². The van der Waals surface area contributed by atoms with E-state index in [-0.39, 0.29) is 17.1 Å². The van der Waals surface area contributed by atoms with E-state index in [0.717, 1.165) is 49.9 Å². The first-order valence-electron chi connectivity index (χ1n) is 8.53. The third-order valence-electron chi connectivity index (χ3n) is 5.81. The Hall–Kier alpha value is -0.250. The Kier molecular flexibility index (Phi) is 4.82. The van der Waals surface area contributed by atoms with Gasteiger partial charge in [-0.15, -0.1) is 0 Å². The van der Waals surface area contributed by atoms with Gasteiger partial charge in [-0.2, -0.15) is 12.6 Å². The van der Waals surface area contributed by atoms with Crippen LogP contribution in [-0.4, -0.2) is 24.5 Å². The molecule has 4 heteroatoms. The van der Waals surface area contributed by atoms with Gasteiger partial charge < -0.3 is 4.74 Å². The van der Waals surface area contributed by atoms with Crippen LogP contribution in [0.15, 0.2) is 0 Å². The molecule has 0 saturated heterocycles. The highest BCUT2D eigenvalue weighted by molar-refractivity contribution is 7.80. The summed E-state index contributed by atoms with van der Waals surface area (Å²) in [5.74, 6) is 2.64. The molecule has 4 saturated carbocycles. The quantitative estimate of drug-likeness (QED) is 0.433. The van der Waals surface area contributed by atoms with Crippen LogP contribution in [0.1, 0.15) is 57.8 Å². The van der Waals surface area contributed by atoms with Crippen molar-refractivity contribution in [3.8, 4) is 0 Å². The maximum absolute atomic E-state index is 13.0. The van der Waals surface area contributed by atoms with Gasteiger partial charge in [0.1, 0.15) is 6.17 Å². The number of rotatable bonds is 7. The minimum atomic E-state index is -0.827. The summed E-state index contributed by atoms with van der Waals surface area (Å²) in [5.41, 5.74) is -0.150. The van der Waals surface area contributed by atoms with Crippen LogP contribution in [0, 0.1) is 23.2 Å². The van der Waals surface area contributed by atoms with Crippen molar-refractivity contribution in [2.75, 3.05) is 12.4 Å². The maximum Gasteiger partial charge on any atom is 0.312 e. The minimum Gasteiger partial charge on any atom is -0.465 e. The van der Waals surface area contributed by atoms with Crippen LogP contribution >= 0.6 is 12.6 Å². The van der Waals surface area contributed by atoms with Crippen molar-refractivity contribution < 1.29 is 13.9 Å². The lowest BCUT2D eigenvalue weighted by atomic mass is 9.49. The molecule has 0 aromatic rings. The number of esters is 1. The summed E-state index contributed by atoms with van der Waals surface area (Å²) >= 11 is 3.93. The molecule has 0 amide bonds. The Morgan fingerprint density at radius 2 is 1.71 bits per heavy atom. The predicted octanol–water partition coefficient (Wildman–Crippen LogP) is 4.18. The number of thiol groups is 1. The van der Waals surface area contributed by atoms with Crippen LogP contribution in [-0.2, 0) is 9.53 Å². The first-order chi connectivity index (χ1) is 10.1. The van der Waals surface area contributed by atoms with E-state index in [1.54, 1.807) is 0 Å². The molecule has 4 rings (SSSR count). The van der Waals surface area contributed by atoms with E-state index in [2.05, 4.69) is 12.6 Å². The number of hydrogen-bond donors (Lipinski definition) is 1. The van der Waals surface area contributed by atoms with Crippen LogP contribution in [0.3, 0.4) is 0 Å². The van der Waals surface area contributed by atoms with E-state index < -0.39 is 6.17 Å². The van der Waals surface area contributed by atoms with Crippen LogP contribution in [0.2, 0.25) is 0 Å². The van der Waals surface area contributed by atoms with E-state index in [1.807, 2.05) is 0 Å². The molecule has 0 spiro atoms. The van der Waals surface area contributed by atoms with Gasteiger partial charge in [0.15, 0.2) is 0 Å². The first-order valence-corrected chi connectivity index (χ1v) is 9.17. The Balaban J connectivity index is 1.43. The highest BCUT2D eigenvalue weighted by Gasteiger charge is 2.55. The van der Waals surface area contributed by atoms with E-state index in [1.165, 1.54) is 19.3 Å². The van der Waals surface area contributed by atoms with Gasteiger partial charge in [-0.05, 0) is 75.5 Å². The number of ether oxygens (including phenoxy) is 1. The molecule has 0 heterocycles. The lowest BCUT2D eigenvalue weighted by molar-refractivity contribution is -0.171. The second-order valence-corrected chi connectivity index (χ2v) is 7.97. The first kappa shape index (κ1) is 15.6. The van der Waals surface area contributed by atoms with Gasteiger partial charge in [-0.3, -0.25) is 4.79 Å². The summed E-state index contributed by atoms with van der Waals surface area (Å²) in [6, 6.07) is 0. The minimum absolute atomic E-state index is 0.0487. The zero-order chi connectivity index (χ0) is 14.9. The highest BCUT2D eigenvalue weighted by atomic mass is 32.1. The predicted molar refractivity (Wildman–Crippen MR) is 84.2 cm³/mol. The number of carbonyl (C=O) groups excluding carboxylic acids is 1. The van der Waals surface area contributed by atoms with Gasteiger partial charge in [-0.25, -0.2) is 4.39 Å². The summed E-state index contributed by atoms with van der Waals surface area (Å²) in [7, 11) is 0. The molecule has 0 aromatic carbocycles. The third-order valence-corrected chi connectivity index (χ3v) is 6.21. The highest BCUT2D eigenvalue weighted by Crippen LogP contribution is 2.60. The molecule has 0 aromatic heterocycles. The fourth-order valence-electron chi connectivity index (χ4n) is 5.24. The molecule has 4 fully saturated rings. The summed E-state index contributed by atoms with van der Waals surface area (Å²) in [5, 5.41) is 0. The Morgan fingerprint density at radius 3 is 2.24 bits per heavy atom. The molecule has 4 bridgehead atoms. The normalized spacial score (nSPS) is 38.5. The fourth-order valence-corrected chi connectivity index (χ4v) is 5.42. The van der Waals surface area contributed by atoms with Crippen molar-refractivity contribution >= 4 is 18.6 Å². The van der Waals surface area contributed by atoms with Crippen molar-refractivity contribution in [3.63, 3.8) is 0 Å². The topological polar surface area (TPSA) is 26.3 Å². The number of hydrogen-bond acceptors (Lipinski definition) is 3. The second-order valence-electron chi connectivity index (χ2n) is 7.61. The zero-order valence-corrected chi connectivity index (χ0v) is 13.6. The number of carbonyl (C=O) groups is 1. The van der Waals surface area contributed by atoms with E-state index in [4.69, 9.17) is 4.74 Å². The standard InChI is InChI=1S/C17H27FO2S/c18-15(11-21)3-1-2-4-20-16(19)17-8-12-5-13(9-17)7-14(6-12)10-17/h12-15,21H,1-11H2. The van der Waals surface area contributed by atoms with Gasteiger partial charge in [0.2, 0.25) is 0 Å². The smallest absolute Gasteiger partial charge is 0.312 e. The van der Waals surface area contributed by atoms with Crippen molar-refractivity contribution in [3.05, 3.63) is 0 Å². The average Bonchev–Trinajstić information content (AvgIpc) is 2.45. The summed E-state index contributed by atoms with van der Waals surface area (Å²) in [6.07, 6.45) is 8.45. The van der Waals surface area contributed by atoms with Gasteiger partial charge in [0.25, 0.3) is 0 Å². The van der Waals surface area contributed by atoms with Crippen molar-refractivity contribution in [2.45, 2.75) is 64.0 Å². The number of alkyl halides is 1. The average molecular weight is 314 g/mol. The van der Waals surface area contributed by atoms with Gasteiger partial charge in [0.05, 0.1) is 12.0 Å². The third kappa shape index (κ3) is 3.40. The van der Waals surface area contributed by atoms with Crippen molar-refractivity contribution in [1.82, 2.24) is 0 Å². The SMILES string of the molecule is O=C(OCCCCC(F)CS)C12CC3CC(CC(C3)C1)C2. The Labute approximate surface area is 132 Å². The number of unbranched alkanes of at least 4 members (excludes halogenated alkanes) is 1. The molecule has 21 heavy (non-hydrogen) atoms. The molecule has 2 nitrogen and oxygen atoms in total. The maximum atomic E-state index is 13.0. The molecule has 1 atom stereocenters. The van der Waals surface area contributed by atoms with Crippen LogP contribution < -0.4 is 0 Å². The Morgan fingerprint density at radius 1 is 1.14 bits per heavy atom. The number of halogens is 1. The molecule has 120 valence electrons. The molecule has 4 aliphatic rings. The molecule has 1 unspecified atom stereocenters. The molecular weight excluding hydrogens is 287 g/mol. The van der Waals surface area contributed by atoms with Gasteiger partial charge in [-0.1, -0.05) is 0 Å². The summed E-state index contributed by atoms with van der Waals surface area (Å²) < 4.78 is 18.6. The largest absolute Gasteiger partial charge is 0.465 e. The lowest BCUT2D eigenvalue weighted by Gasteiger charge is -2.55. The molecule has 0 aliphatic heterocycles.